The van der Waals surface area contributed by atoms with E-state index < -0.39 is 10.0 Å². The van der Waals surface area contributed by atoms with Crippen LogP contribution in [0.25, 0.3) is 0 Å². The quantitative estimate of drug-likeness (QED) is 0.839. The van der Waals surface area contributed by atoms with Crippen LogP contribution in [0.2, 0.25) is 0 Å². The molecule has 0 atom stereocenters. The average molecular weight is 329 g/mol. The predicted octanol–water partition coefficient (Wildman–Crippen LogP) is 2.47. The molecular formula is C14H23N3O2S2. The number of rotatable bonds is 6. The van der Waals surface area contributed by atoms with E-state index in [1.807, 2.05) is 0 Å². The molecule has 1 fully saturated rings. The van der Waals surface area contributed by atoms with Crippen LogP contribution in [0.5, 0.6) is 0 Å². The lowest BCUT2D eigenvalue weighted by atomic mass is 9.88. The summed E-state index contributed by atoms with van der Waals surface area (Å²) in [7, 11) is -1.83. The molecule has 0 radical (unpaired) electrons. The Morgan fingerprint density at radius 1 is 1.33 bits per heavy atom. The number of thioether (sulfide) groups is 1. The van der Waals surface area contributed by atoms with Crippen LogP contribution in [-0.4, -0.2) is 38.0 Å². The van der Waals surface area contributed by atoms with Gasteiger partial charge in [-0.25, -0.2) is 13.1 Å². The van der Waals surface area contributed by atoms with E-state index >= 15 is 0 Å². The lowest BCUT2D eigenvalue weighted by molar-refractivity contribution is 0.395. The second-order valence-corrected chi connectivity index (χ2v) is 8.40. The third-order valence-electron chi connectivity index (χ3n) is 4.13. The molecule has 118 valence electrons. The second-order valence-electron chi connectivity index (χ2n) is 5.39. The maximum atomic E-state index is 12.5. The number of hydrogen-bond acceptors (Lipinski definition) is 5. The SMILES string of the molecule is CNc1ccncc1S(=O)(=O)NCC1(SC)CCCCC1. The minimum atomic E-state index is -3.54. The van der Waals surface area contributed by atoms with Gasteiger partial charge in [0.15, 0.2) is 0 Å². The molecule has 21 heavy (non-hydrogen) atoms. The summed E-state index contributed by atoms with van der Waals surface area (Å²) in [5.41, 5.74) is 0.569. The summed E-state index contributed by atoms with van der Waals surface area (Å²) in [4.78, 5) is 4.14. The Hall–Kier alpha value is -0.790. The van der Waals surface area contributed by atoms with E-state index in [-0.39, 0.29) is 9.64 Å². The number of pyridine rings is 1. The first-order valence-corrected chi connectivity index (χ1v) is 9.90. The van der Waals surface area contributed by atoms with Crippen molar-refractivity contribution in [2.45, 2.75) is 41.7 Å². The van der Waals surface area contributed by atoms with Crippen molar-refractivity contribution in [1.29, 1.82) is 0 Å². The van der Waals surface area contributed by atoms with Crippen LogP contribution in [-0.2, 0) is 10.0 Å². The summed E-state index contributed by atoms with van der Waals surface area (Å²) in [6.45, 7) is 0.481. The van der Waals surface area contributed by atoms with Gasteiger partial charge in [-0.2, -0.15) is 11.8 Å². The molecule has 1 aromatic heterocycles. The fraction of sp³-hybridized carbons (Fsp3) is 0.643. The van der Waals surface area contributed by atoms with Crippen LogP contribution in [0.3, 0.4) is 0 Å². The monoisotopic (exact) mass is 329 g/mol. The van der Waals surface area contributed by atoms with Crippen LogP contribution < -0.4 is 10.0 Å². The molecule has 1 aromatic rings. The number of sulfonamides is 1. The minimum Gasteiger partial charge on any atom is -0.387 e. The Morgan fingerprint density at radius 3 is 2.67 bits per heavy atom. The standard InChI is InChI=1S/C14H23N3O2S2/c1-15-12-6-9-16-10-13(12)21(18,19)17-11-14(20-2)7-4-3-5-8-14/h6,9-10,17H,3-5,7-8,11H2,1-2H3,(H,15,16). The van der Waals surface area contributed by atoms with Crippen molar-refractivity contribution in [3.05, 3.63) is 18.5 Å². The number of nitrogens with zero attached hydrogens (tertiary/aromatic N) is 1. The lowest BCUT2D eigenvalue weighted by Crippen LogP contribution is -2.41. The van der Waals surface area contributed by atoms with Crippen molar-refractivity contribution >= 4 is 27.5 Å². The van der Waals surface area contributed by atoms with E-state index in [1.165, 1.54) is 25.5 Å². The number of nitrogens with one attached hydrogen (secondary N) is 2. The van der Waals surface area contributed by atoms with Crippen LogP contribution in [0, 0.1) is 0 Å². The molecule has 0 bridgehead atoms. The van der Waals surface area contributed by atoms with Gasteiger partial charge in [0.2, 0.25) is 10.0 Å². The first kappa shape index (κ1) is 16.6. The maximum Gasteiger partial charge on any atom is 0.244 e. The van der Waals surface area contributed by atoms with E-state index in [0.717, 1.165) is 12.8 Å². The fourth-order valence-corrected chi connectivity index (χ4v) is 5.04. The van der Waals surface area contributed by atoms with Gasteiger partial charge < -0.3 is 5.32 Å². The van der Waals surface area contributed by atoms with E-state index in [1.54, 1.807) is 31.1 Å². The topological polar surface area (TPSA) is 71.1 Å². The highest BCUT2D eigenvalue weighted by molar-refractivity contribution is 8.00. The van der Waals surface area contributed by atoms with Crippen LogP contribution in [0.1, 0.15) is 32.1 Å². The molecule has 0 amide bonds. The molecule has 0 spiro atoms. The smallest absolute Gasteiger partial charge is 0.244 e. The number of anilines is 1. The van der Waals surface area contributed by atoms with Crippen molar-refractivity contribution in [2.75, 3.05) is 25.2 Å². The highest BCUT2D eigenvalue weighted by Crippen LogP contribution is 2.38. The van der Waals surface area contributed by atoms with E-state index in [0.29, 0.717) is 12.2 Å². The van der Waals surface area contributed by atoms with Gasteiger partial charge in [0.05, 0.1) is 5.69 Å². The molecule has 5 nitrogen and oxygen atoms in total. The summed E-state index contributed by atoms with van der Waals surface area (Å²) in [6.07, 6.45) is 10.8. The van der Waals surface area contributed by atoms with Crippen LogP contribution >= 0.6 is 11.8 Å². The third-order valence-corrected chi connectivity index (χ3v) is 6.97. The molecule has 2 N–H and O–H groups in total. The summed E-state index contributed by atoms with van der Waals surface area (Å²) in [6, 6.07) is 1.67. The molecule has 0 aromatic carbocycles. The Morgan fingerprint density at radius 2 is 2.05 bits per heavy atom. The van der Waals surface area contributed by atoms with E-state index in [2.05, 4.69) is 21.3 Å². The second kappa shape index (κ2) is 6.98. The molecule has 0 saturated heterocycles. The summed E-state index contributed by atoms with van der Waals surface area (Å²) < 4.78 is 27.8. The Kier molecular flexibility index (Phi) is 5.51. The third kappa shape index (κ3) is 3.90. The molecule has 1 aliphatic rings. The summed E-state index contributed by atoms with van der Waals surface area (Å²) in [5.74, 6) is 0. The molecule has 0 unspecified atom stereocenters. The first-order chi connectivity index (χ1) is 10.0. The van der Waals surface area contributed by atoms with Crippen molar-refractivity contribution in [1.82, 2.24) is 9.71 Å². The van der Waals surface area contributed by atoms with Gasteiger partial charge in [0, 0.05) is 30.7 Å². The highest BCUT2D eigenvalue weighted by Gasteiger charge is 2.33. The highest BCUT2D eigenvalue weighted by atomic mass is 32.2. The fourth-order valence-electron chi connectivity index (χ4n) is 2.75. The molecule has 1 heterocycles. The van der Waals surface area contributed by atoms with Gasteiger partial charge >= 0.3 is 0 Å². The maximum absolute atomic E-state index is 12.5. The van der Waals surface area contributed by atoms with Crippen LogP contribution in [0.15, 0.2) is 23.4 Å². The predicted molar refractivity (Wildman–Crippen MR) is 88.3 cm³/mol. The normalized spacial score (nSPS) is 18.4. The van der Waals surface area contributed by atoms with Crippen molar-refractivity contribution in [3.63, 3.8) is 0 Å². The zero-order valence-corrected chi connectivity index (χ0v) is 14.2. The van der Waals surface area contributed by atoms with Crippen molar-refractivity contribution < 1.29 is 8.42 Å². The van der Waals surface area contributed by atoms with Gasteiger partial charge in [-0.3, -0.25) is 4.98 Å². The number of hydrogen-bond donors (Lipinski definition) is 2. The Balaban J connectivity index is 2.14. The summed E-state index contributed by atoms with van der Waals surface area (Å²) in [5, 5.41) is 2.90. The lowest BCUT2D eigenvalue weighted by Gasteiger charge is -2.35. The van der Waals surface area contributed by atoms with Crippen molar-refractivity contribution in [2.24, 2.45) is 0 Å². The number of aromatic nitrogens is 1. The van der Waals surface area contributed by atoms with Gasteiger partial charge in [0.25, 0.3) is 0 Å². The Bertz CT molecular complexity index is 569. The first-order valence-electron chi connectivity index (χ1n) is 7.20. The zero-order chi connectivity index (χ0) is 15.3. The van der Waals surface area contributed by atoms with E-state index in [4.69, 9.17) is 0 Å². The largest absolute Gasteiger partial charge is 0.387 e. The molecule has 1 aliphatic carbocycles. The van der Waals surface area contributed by atoms with Crippen LogP contribution in [0.4, 0.5) is 5.69 Å². The Labute approximate surface area is 131 Å². The van der Waals surface area contributed by atoms with Gasteiger partial charge in [-0.05, 0) is 25.2 Å². The van der Waals surface area contributed by atoms with Gasteiger partial charge in [-0.15, -0.1) is 0 Å². The van der Waals surface area contributed by atoms with Crippen molar-refractivity contribution in [3.8, 4) is 0 Å². The zero-order valence-electron chi connectivity index (χ0n) is 12.6. The molecule has 2 rings (SSSR count). The molecule has 1 saturated carbocycles. The summed E-state index contributed by atoms with van der Waals surface area (Å²) >= 11 is 1.78. The van der Waals surface area contributed by atoms with E-state index in [9.17, 15) is 8.42 Å². The molecule has 7 heteroatoms. The van der Waals surface area contributed by atoms with Gasteiger partial charge in [0.1, 0.15) is 4.90 Å². The van der Waals surface area contributed by atoms with Gasteiger partial charge in [-0.1, -0.05) is 19.3 Å². The molecular weight excluding hydrogens is 306 g/mol. The molecule has 0 aliphatic heterocycles. The average Bonchev–Trinajstić information content (AvgIpc) is 2.54. The minimum absolute atomic E-state index is 0.0351.